The summed E-state index contributed by atoms with van der Waals surface area (Å²) in [6.07, 6.45) is 0. The summed E-state index contributed by atoms with van der Waals surface area (Å²) in [5.74, 6) is -1.02. The molecule has 0 saturated heterocycles. The van der Waals surface area contributed by atoms with E-state index in [0.717, 1.165) is 0 Å². The second-order valence-electron chi connectivity index (χ2n) is 4.06. The molecule has 1 unspecified atom stereocenters. The highest BCUT2D eigenvalue weighted by Crippen LogP contribution is 2.26. The molecule has 0 aliphatic carbocycles. The first-order valence-electron chi connectivity index (χ1n) is 5.70. The number of halogens is 2. The van der Waals surface area contributed by atoms with Crippen molar-refractivity contribution in [2.24, 2.45) is 0 Å². The summed E-state index contributed by atoms with van der Waals surface area (Å²) in [4.78, 5) is 25.4. The van der Waals surface area contributed by atoms with Crippen LogP contribution < -0.4 is 4.90 Å². The zero-order valence-electron chi connectivity index (χ0n) is 10.9. The minimum absolute atomic E-state index is 0.220. The van der Waals surface area contributed by atoms with Crippen LogP contribution in [0.2, 0.25) is 5.02 Å². The molecule has 1 atom stereocenters. The Bertz CT molecular complexity index is 473. The minimum Gasteiger partial charge on any atom is -0.465 e. The van der Waals surface area contributed by atoms with Crippen LogP contribution in [-0.2, 0) is 14.3 Å². The average Bonchev–Trinajstić information content (AvgIpc) is 2.38. The third-order valence-corrected chi connectivity index (χ3v) is 3.49. The topological polar surface area (TPSA) is 46.6 Å². The molecule has 1 aromatic carbocycles. The van der Waals surface area contributed by atoms with Crippen LogP contribution in [0.4, 0.5) is 5.69 Å². The molecule has 0 spiro atoms. The van der Waals surface area contributed by atoms with Gasteiger partial charge in [0.25, 0.3) is 5.91 Å². The third-order valence-electron chi connectivity index (χ3n) is 2.58. The molecule has 0 heterocycles. The largest absolute Gasteiger partial charge is 0.465 e. The van der Waals surface area contributed by atoms with Crippen LogP contribution in [0.3, 0.4) is 0 Å². The van der Waals surface area contributed by atoms with Gasteiger partial charge in [-0.15, -0.1) is 0 Å². The van der Waals surface area contributed by atoms with Crippen molar-refractivity contribution in [2.45, 2.75) is 18.2 Å². The van der Waals surface area contributed by atoms with Crippen molar-refractivity contribution < 1.29 is 14.3 Å². The molecular weight excluding hydrogens is 334 g/mol. The third kappa shape index (κ3) is 3.70. The van der Waals surface area contributed by atoms with E-state index in [9.17, 15) is 9.59 Å². The lowest BCUT2D eigenvalue weighted by molar-refractivity contribution is -0.148. The zero-order chi connectivity index (χ0) is 14.6. The summed E-state index contributed by atoms with van der Waals surface area (Å²) in [6, 6.07) is 6.76. The maximum absolute atomic E-state index is 12.3. The summed E-state index contributed by atoms with van der Waals surface area (Å²) in [5, 5.41) is 0.580. The normalized spacial score (nSPS) is 13.5. The van der Waals surface area contributed by atoms with Crippen molar-refractivity contribution >= 4 is 45.1 Å². The Kier molecular flexibility index (Phi) is 5.38. The highest BCUT2D eigenvalue weighted by molar-refractivity contribution is 9.10. The molecule has 19 heavy (non-hydrogen) atoms. The predicted octanol–water partition coefficient (Wildman–Crippen LogP) is 3.02. The molecule has 0 radical (unpaired) electrons. The maximum Gasteiger partial charge on any atom is 0.332 e. The lowest BCUT2D eigenvalue weighted by Crippen LogP contribution is -2.47. The Morgan fingerprint density at radius 3 is 2.37 bits per heavy atom. The summed E-state index contributed by atoms with van der Waals surface area (Å²) in [5.41, 5.74) is 0.643. The molecule has 0 N–H and O–H groups in total. The molecule has 4 nitrogen and oxygen atoms in total. The number of hydrogen-bond donors (Lipinski definition) is 0. The van der Waals surface area contributed by atoms with Crippen molar-refractivity contribution in [2.75, 3.05) is 18.6 Å². The van der Waals surface area contributed by atoms with E-state index in [4.69, 9.17) is 16.3 Å². The number of carbonyl (C=O) groups excluding carboxylic acids is 2. The van der Waals surface area contributed by atoms with E-state index in [0.29, 0.717) is 10.7 Å². The van der Waals surface area contributed by atoms with Gasteiger partial charge in [0, 0.05) is 17.8 Å². The van der Waals surface area contributed by atoms with E-state index in [-0.39, 0.29) is 6.61 Å². The van der Waals surface area contributed by atoms with Gasteiger partial charge >= 0.3 is 5.97 Å². The van der Waals surface area contributed by atoms with Crippen molar-refractivity contribution in [1.29, 1.82) is 0 Å². The van der Waals surface area contributed by atoms with Gasteiger partial charge in [-0.2, -0.15) is 0 Å². The highest BCUT2D eigenvalue weighted by Gasteiger charge is 2.42. The molecule has 1 amide bonds. The Balaban J connectivity index is 2.92. The molecule has 0 aromatic heterocycles. The maximum atomic E-state index is 12.3. The van der Waals surface area contributed by atoms with E-state index in [1.165, 1.54) is 11.8 Å². The van der Waals surface area contributed by atoms with Gasteiger partial charge in [-0.05, 0) is 38.1 Å². The van der Waals surface area contributed by atoms with Crippen LogP contribution in [-0.4, -0.2) is 29.9 Å². The molecule has 0 saturated carbocycles. The quantitative estimate of drug-likeness (QED) is 0.477. The second kappa shape index (κ2) is 6.39. The number of amides is 1. The summed E-state index contributed by atoms with van der Waals surface area (Å²) in [7, 11) is 1.59. The van der Waals surface area contributed by atoms with Gasteiger partial charge in [0.2, 0.25) is 0 Å². The number of hydrogen-bond acceptors (Lipinski definition) is 3. The summed E-state index contributed by atoms with van der Waals surface area (Å²) in [6.45, 7) is 3.38. The summed E-state index contributed by atoms with van der Waals surface area (Å²) >= 11 is 8.93. The van der Waals surface area contributed by atoms with Gasteiger partial charge in [-0.25, -0.2) is 4.79 Å². The monoisotopic (exact) mass is 347 g/mol. The number of esters is 1. The van der Waals surface area contributed by atoms with E-state index < -0.39 is 16.2 Å². The summed E-state index contributed by atoms with van der Waals surface area (Å²) < 4.78 is 3.47. The molecule has 6 heteroatoms. The first-order valence-corrected chi connectivity index (χ1v) is 6.87. The van der Waals surface area contributed by atoms with Crippen LogP contribution in [0.15, 0.2) is 24.3 Å². The van der Waals surface area contributed by atoms with Gasteiger partial charge in [0.1, 0.15) is 0 Å². The number of benzene rings is 1. The number of anilines is 1. The fourth-order valence-corrected chi connectivity index (χ4v) is 1.96. The van der Waals surface area contributed by atoms with Gasteiger partial charge in [-0.3, -0.25) is 4.79 Å². The lowest BCUT2D eigenvalue weighted by atomic mass is 10.1. The number of alkyl halides is 1. The molecule has 0 aliphatic rings. The molecule has 0 fully saturated rings. The zero-order valence-corrected chi connectivity index (χ0v) is 13.3. The Morgan fingerprint density at radius 1 is 1.37 bits per heavy atom. The smallest absolute Gasteiger partial charge is 0.332 e. The molecule has 0 aliphatic heterocycles. The fraction of sp³-hybridized carbons (Fsp3) is 0.385. The van der Waals surface area contributed by atoms with Crippen LogP contribution in [0.25, 0.3) is 0 Å². The van der Waals surface area contributed by atoms with Crippen LogP contribution >= 0.6 is 27.5 Å². The molecular formula is C13H15BrClNO3. The van der Waals surface area contributed by atoms with Gasteiger partial charge in [0.05, 0.1) is 6.61 Å². The highest BCUT2D eigenvalue weighted by atomic mass is 79.9. The van der Waals surface area contributed by atoms with Crippen molar-refractivity contribution in [3.05, 3.63) is 29.3 Å². The first-order chi connectivity index (χ1) is 8.80. The van der Waals surface area contributed by atoms with Gasteiger partial charge < -0.3 is 9.64 Å². The van der Waals surface area contributed by atoms with Crippen LogP contribution in [0, 0.1) is 0 Å². The van der Waals surface area contributed by atoms with Crippen LogP contribution in [0.1, 0.15) is 13.8 Å². The van der Waals surface area contributed by atoms with Crippen molar-refractivity contribution in [3.8, 4) is 0 Å². The van der Waals surface area contributed by atoms with E-state index in [1.54, 1.807) is 38.2 Å². The minimum atomic E-state index is -1.41. The Morgan fingerprint density at radius 2 is 1.89 bits per heavy atom. The van der Waals surface area contributed by atoms with Gasteiger partial charge in [0.15, 0.2) is 4.32 Å². The van der Waals surface area contributed by atoms with Crippen molar-refractivity contribution in [1.82, 2.24) is 0 Å². The van der Waals surface area contributed by atoms with E-state index in [2.05, 4.69) is 15.9 Å². The lowest BCUT2D eigenvalue weighted by Gasteiger charge is -2.26. The van der Waals surface area contributed by atoms with Gasteiger partial charge in [-0.1, -0.05) is 27.5 Å². The number of carbonyl (C=O) groups is 2. The van der Waals surface area contributed by atoms with Crippen LogP contribution in [0.5, 0.6) is 0 Å². The number of nitrogens with zero attached hydrogens (tertiary/aromatic N) is 1. The molecule has 1 aromatic rings. The molecule has 0 bridgehead atoms. The first kappa shape index (κ1) is 16.0. The number of ether oxygens (including phenoxy) is 1. The standard InChI is InChI=1S/C13H15BrClNO3/c1-4-19-12(18)13(2,14)11(17)16(3)10-7-5-9(15)6-8-10/h5-8H,4H2,1-3H3. The second-order valence-corrected chi connectivity index (χ2v) is 6.09. The SMILES string of the molecule is CCOC(=O)C(C)(Br)C(=O)N(C)c1ccc(Cl)cc1. The number of rotatable bonds is 4. The Labute approximate surface area is 125 Å². The van der Waals surface area contributed by atoms with Crippen molar-refractivity contribution in [3.63, 3.8) is 0 Å². The fourth-order valence-electron chi connectivity index (χ4n) is 1.45. The Hall–Kier alpha value is -1.07. The molecule has 1 rings (SSSR count). The average molecular weight is 349 g/mol. The molecule has 104 valence electrons. The predicted molar refractivity (Wildman–Crippen MR) is 78.8 cm³/mol. The van der Waals surface area contributed by atoms with E-state index in [1.807, 2.05) is 0 Å². The van der Waals surface area contributed by atoms with E-state index >= 15 is 0 Å².